The third-order valence-electron chi connectivity index (χ3n) is 4.03. The third-order valence-corrected chi connectivity index (χ3v) is 4.94. The van der Waals surface area contributed by atoms with E-state index in [0.717, 1.165) is 32.5 Å². The van der Waals surface area contributed by atoms with Crippen LogP contribution in [0.3, 0.4) is 0 Å². The lowest BCUT2D eigenvalue weighted by molar-refractivity contribution is 0.0902. The second kappa shape index (κ2) is 7.29. The summed E-state index contributed by atoms with van der Waals surface area (Å²) in [7, 11) is -2.44. The number of piperidine rings is 1. The minimum absolute atomic E-state index is 0.0408. The molecule has 1 heterocycles. The van der Waals surface area contributed by atoms with Gasteiger partial charge in [0.25, 0.3) is 5.91 Å². The summed E-state index contributed by atoms with van der Waals surface area (Å²) in [5, 5.41) is 8.09. The quantitative estimate of drug-likeness (QED) is 0.815. The number of nitrogens with one attached hydrogen (secondary N) is 1. The predicted molar refractivity (Wildman–Crippen MR) is 87.0 cm³/mol. The van der Waals surface area contributed by atoms with Gasteiger partial charge in [-0.15, -0.1) is 0 Å². The Morgan fingerprint density at radius 3 is 2.83 bits per heavy atom. The van der Waals surface area contributed by atoms with Crippen LogP contribution in [0.25, 0.3) is 0 Å². The SMILES string of the molecule is CCN1CCCC(NC(=O)c2cc(S(N)(=O)=O)ccc2OC)C1. The summed E-state index contributed by atoms with van der Waals surface area (Å²) in [4.78, 5) is 14.7. The summed E-state index contributed by atoms with van der Waals surface area (Å²) in [5.41, 5.74) is 0.174. The van der Waals surface area contributed by atoms with E-state index in [1.807, 2.05) is 0 Å². The smallest absolute Gasteiger partial charge is 0.255 e. The van der Waals surface area contributed by atoms with Crippen LogP contribution >= 0.6 is 0 Å². The fraction of sp³-hybridized carbons (Fsp3) is 0.533. The van der Waals surface area contributed by atoms with Crippen molar-refractivity contribution in [1.82, 2.24) is 10.2 Å². The number of benzene rings is 1. The van der Waals surface area contributed by atoms with Crippen molar-refractivity contribution >= 4 is 15.9 Å². The van der Waals surface area contributed by atoms with Gasteiger partial charge in [-0.3, -0.25) is 4.79 Å². The van der Waals surface area contributed by atoms with Gasteiger partial charge in [0.05, 0.1) is 17.6 Å². The average Bonchev–Trinajstić information content (AvgIpc) is 2.53. The first-order valence-electron chi connectivity index (χ1n) is 7.59. The van der Waals surface area contributed by atoms with Gasteiger partial charge in [0.15, 0.2) is 0 Å². The maximum atomic E-state index is 12.5. The highest BCUT2D eigenvalue weighted by molar-refractivity contribution is 7.89. The number of carbonyl (C=O) groups is 1. The van der Waals surface area contributed by atoms with Crippen LogP contribution in [-0.4, -0.2) is 52.0 Å². The number of hydrogen-bond donors (Lipinski definition) is 2. The van der Waals surface area contributed by atoms with Crippen LogP contribution in [0.15, 0.2) is 23.1 Å². The van der Waals surface area contributed by atoms with Crippen molar-refractivity contribution in [1.29, 1.82) is 0 Å². The Labute approximate surface area is 136 Å². The lowest BCUT2D eigenvalue weighted by Gasteiger charge is -2.32. The highest BCUT2D eigenvalue weighted by atomic mass is 32.2. The fourth-order valence-corrected chi connectivity index (χ4v) is 3.31. The Balaban J connectivity index is 2.20. The second-order valence-electron chi connectivity index (χ2n) is 5.61. The Kier molecular flexibility index (Phi) is 5.61. The summed E-state index contributed by atoms with van der Waals surface area (Å²) in [6, 6.07) is 4.06. The van der Waals surface area contributed by atoms with Crippen LogP contribution in [0.1, 0.15) is 30.1 Å². The highest BCUT2D eigenvalue weighted by Gasteiger charge is 2.23. The summed E-state index contributed by atoms with van der Waals surface area (Å²) >= 11 is 0. The number of hydrogen-bond acceptors (Lipinski definition) is 5. The second-order valence-corrected chi connectivity index (χ2v) is 7.17. The predicted octanol–water partition coefficient (Wildman–Crippen LogP) is 0.557. The molecule has 0 radical (unpaired) electrons. The van der Waals surface area contributed by atoms with Crippen molar-refractivity contribution in [3.8, 4) is 5.75 Å². The molecule has 128 valence electrons. The standard InChI is InChI=1S/C15H23N3O4S/c1-3-18-8-4-5-11(10-18)17-15(19)13-9-12(23(16,20)21)6-7-14(13)22-2/h6-7,9,11H,3-5,8,10H2,1-2H3,(H,17,19)(H2,16,20,21). The minimum Gasteiger partial charge on any atom is -0.496 e. The van der Waals surface area contributed by atoms with E-state index in [-0.39, 0.29) is 22.4 Å². The maximum absolute atomic E-state index is 12.5. The minimum atomic E-state index is -3.87. The topological polar surface area (TPSA) is 102 Å². The molecule has 3 N–H and O–H groups in total. The molecule has 1 fully saturated rings. The van der Waals surface area contributed by atoms with Gasteiger partial charge in [-0.2, -0.15) is 0 Å². The Bertz CT molecular complexity index is 675. The van der Waals surface area contributed by atoms with Crippen LogP contribution in [0.4, 0.5) is 0 Å². The number of amides is 1. The van der Waals surface area contributed by atoms with Crippen molar-refractivity contribution in [3.63, 3.8) is 0 Å². The molecule has 0 aliphatic carbocycles. The molecule has 1 saturated heterocycles. The average molecular weight is 341 g/mol. The van der Waals surface area contributed by atoms with Crippen LogP contribution in [0, 0.1) is 0 Å². The zero-order chi connectivity index (χ0) is 17.0. The third kappa shape index (κ3) is 4.43. The molecule has 23 heavy (non-hydrogen) atoms. The number of methoxy groups -OCH3 is 1. The van der Waals surface area contributed by atoms with Gasteiger partial charge in [-0.25, -0.2) is 13.6 Å². The lowest BCUT2D eigenvalue weighted by atomic mass is 10.0. The summed E-state index contributed by atoms with van der Waals surface area (Å²) in [5.74, 6) is -0.0339. The van der Waals surface area contributed by atoms with Gasteiger partial charge in [-0.1, -0.05) is 6.92 Å². The van der Waals surface area contributed by atoms with E-state index in [0.29, 0.717) is 5.75 Å². The largest absolute Gasteiger partial charge is 0.496 e. The van der Waals surface area contributed by atoms with Crippen molar-refractivity contribution in [2.45, 2.75) is 30.7 Å². The lowest BCUT2D eigenvalue weighted by Crippen LogP contribution is -2.47. The molecule has 0 aromatic heterocycles. The molecule has 2 rings (SSSR count). The summed E-state index contributed by atoms with van der Waals surface area (Å²) < 4.78 is 28.1. The van der Waals surface area contributed by atoms with Crippen LogP contribution in [0.2, 0.25) is 0 Å². The van der Waals surface area contributed by atoms with E-state index in [2.05, 4.69) is 17.1 Å². The number of nitrogens with zero attached hydrogens (tertiary/aromatic N) is 1. The van der Waals surface area contributed by atoms with E-state index in [1.165, 1.54) is 25.3 Å². The Hall–Kier alpha value is -1.64. The van der Waals surface area contributed by atoms with Gasteiger partial charge in [0.2, 0.25) is 10.0 Å². The molecule has 0 saturated carbocycles. The number of primary sulfonamides is 1. The molecular formula is C15H23N3O4S. The zero-order valence-corrected chi connectivity index (χ0v) is 14.2. The molecule has 7 nitrogen and oxygen atoms in total. The van der Waals surface area contributed by atoms with Crippen molar-refractivity contribution in [3.05, 3.63) is 23.8 Å². The van der Waals surface area contributed by atoms with E-state index >= 15 is 0 Å². The molecule has 1 unspecified atom stereocenters. The zero-order valence-electron chi connectivity index (χ0n) is 13.4. The van der Waals surface area contributed by atoms with Crippen LogP contribution < -0.4 is 15.2 Å². The number of nitrogens with two attached hydrogens (primary N) is 1. The number of sulfonamides is 1. The molecule has 1 atom stereocenters. The first kappa shape index (κ1) is 17.7. The van der Waals surface area contributed by atoms with Crippen molar-refractivity contribution in [2.75, 3.05) is 26.7 Å². The fourth-order valence-electron chi connectivity index (χ4n) is 2.77. The Morgan fingerprint density at radius 1 is 1.48 bits per heavy atom. The first-order chi connectivity index (χ1) is 10.8. The van der Waals surface area contributed by atoms with E-state index in [4.69, 9.17) is 9.88 Å². The number of carbonyl (C=O) groups excluding carboxylic acids is 1. The molecule has 8 heteroatoms. The van der Waals surface area contributed by atoms with Crippen molar-refractivity contribution < 1.29 is 17.9 Å². The van der Waals surface area contributed by atoms with Gasteiger partial charge in [0.1, 0.15) is 5.75 Å². The van der Waals surface area contributed by atoms with Crippen molar-refractivity contribution in [2.24, 2.45) is 5.14 Å². The summed E-state index contributed by atoms with van der Waals surface area (Å²) in [6.07, 6.45) is 1.92. The monoisotopic (exact) mass is 341 g/mol. The Morgan fingerprint density at radius 2 is 2.22 bits per heavy atom. The molecular weight excluding hydrogens is 318 g/mol. The molecule has 1 aromatic rings. The van der Waals surface area contributed by atoms with Gasteiger partial charge >= 0.3 is 0 Å². The number of rotatable bonds is 5. The van der Waals surface area contributed by atoms with Gasteiger partial charge in [-0.05, 0) is 44.1 Å². The number of ether oxygens (including phenoxy) is 1. The van der Waals surface area contributed by atoms with Crippen LogP contribution in [-0.2, 0) is 10.0 Å². The van der Waals surface area contributed by atoms with Crippen LogP contribution in [0.5, 0.6) is 5.75 Å². The molecule has 1 aromatic carbocycles. The summed E-state index contributed by atoms with van der Waals surface area (Å²) in [6.45, 7) is 4.85. The highest BCUT2D eigenvalue weighted by Crippen LogP contribution is 2.22. The molecule has 0 bridgehead atoms. The number of likely N-dealkylation sites (N-methyl/N-ethyl adjacent to an activating group) is 1. The van der Waals surface area contributed by atoms with E-state index in [9.17, 15) is 13.2 Å². The van der Waals surface area contributed by atoms with E-state index in [1.54, 1.807) is 0 Å². The first-order valence-corrected chi connectivity index (χ1v) is 9.13. The number of likely N-dealkylation sites (tertiary alicyclic amines) is 1. The molecule has 1 amide bonds. The normalized spacial score (nSPS) is 19.3. The molecule has 1 aliphatic rings. The van der Waals surface area contributed by atoms with E-state index < -0.39 is 10.0 Å². The van der Waals surface area contributed by atoms with Gasteiger partial charge < -0.3 is 15.0 Å². The molecule has 0 spiro atoms. The van der Waals surface area contributed by atoms with Gasteiger partial charge in [0, 0.05) is 12.6 Å². The molecule has 1 aliphatic heterocycles. The maximum Gasteiger partial charge on any atom is 0.255 e.